The molecule has 0 radical (unpaired) electrons. The van der Waals surface area contributed by atoms with Gasteiger partial charge in [0.2, 0.25) is 5.91 Å². The topological polar surface area (TPSA) is 53.5 Å². The number of rotatable bonds is 3. The number of pyridine rings is 1. The van der Waals surface area contributed by atoms with Crippen LogP contribution in [0, 0.1) is 11.8 Å². The predicted molar refractivity (Wildman–Crippen MR) is 113 cm³/mol. The molecule has 152 valence electrons. The maximum atomic E-state index is 13.0. The summed E-state index contributed by atoms with van der Waals surface area (Å²) in [5.74, 6) is 1.10. The van der Waals surface area contributed by atoms with Crippen molar-refractivity contribution in [2.45, 2.75) is 32.6 Å². The fraction of sp³-hybridized carbons (Fsp3) is 0.458. The second kappa shape index (κ2) is 8.76. The molecule has 0 spiro atoms. The molecule has 2 fully saturated rings. The van der Waals surface area contributed by atoms with Gasteiger partial charge in [0, 0.05) is 49.4 Å². The molecule has 2 aliphatic heterocycles. The van der Waals surface area contributed by atoms with Crippen LogP contribution in [0.3, 0.4) is 0 Å². The Morgan fingerprint density at radius 2 is 1.55 bits per heavy atom. The number of aromatic nitrogens is 1. The van der Waals surface area contributed by atoms with Crippen LogP contribution in [0.4, 0.5) is 0 Å². The lowest BCUT2D eigenvalue weighted by molar-refractivity contribution is -0.138. The Morgan fingerprint density at radius 1 is 0.897 bits per heavy atom. The van der Waals surface area contributed by atoms with Crippen LogP contribution in [0.2, 0.25) is 0 Å². The zero-order chi connectivity index (χ0) is 20.2. The number of likely N-dealkylation sites (tertiary alicyclic amines) is 2. The Balaban J connectivity index is 1.36. The number of nitrogens with zero attached hydrogens (tertiary/aromatic N) is 3. The first-order chi connectivity index (χ1) is 14.1. The van der Waals surface area contributed by atoms with Gasteiger partial charge in [0.25, 0.3) is 5.91 Å². The van der Waals surface area contributed by atoms with Crippen LogP contribution >= 0.6 is 0 Å². The average Bonchev–Trinajstić information content (AvgIpc) is 2.79. The van der Waals surface area contributed by atoms with Crippen molar-refractivity contribution < 1.29 is 9.59 Å². The predicted octanol–water partition coefficient (Wildman–Crippen LogP) is 3.86. The van der Waals surface area contributed by atoms with E-state index >= 15 is 0 Å². The van der Waals surface area contributed by atoms with Gasteiger partial charge in [-0.25, -0.2) is 0 Å². The molecule has 0 N–H and O–H groups in total. The van der Waals surface area contributed by atoms with Crippen molar-refractivity contribution in [2.24, 2.45) is 11.8 Å². The van der Waals surface area contributed by atoms with E-state index in [2.05, 4.69) is 11.9 Å². The molecule has 0 unspecified atom stereocenters. The number of amides is 2. The molecule has 4 rings (SSSR count). The lowest BCUT2D eigenvalue weighted by Gasteiger charge is -2.36. The maximum Gasteiger partial charge on any atom is 0.253 e. The van der Waals surface area contributed by atoms with Crippen molar-refractivity contribution in [3.63, 3.8) is 0 Å². The normalized spacial score (nSPS) is 18.7. The summed E-state index contributed by atoms with van der Waals surface area (Å²) in [7, 11) is 0. The van der Waals surface area contributed by atoms with E-state index in [-0.39, 0.29) is 11.8 Å². The molecule has 1 aromatic heterocycles. The lowest BCUT2D eigenvalue weighted by Crippen LogP contribution is -2.46. The second-order valence-corrected chi connectivity index (χ2v) is 8.37. The number of benzene rings is 1. The quantitative estimate of drug-likeness (QED) is 0.798. The van der Waals surface area contributed by atoms with E-state index in [0.717, 1.165) is 55.9 Å². The molecule has 3 heterocycles. The molecule has 5 heteroatoms. The van der Waals surface area contributed by atoms with Gasteiger partial charge in [0.05, 0.1) is 5.69 Å². The molecular formula is C24H29N3O2. The van der Waals surface area contributed by atoms with Crippen LogP contribution in [0.15, 0.2) is 48.7 Å². The number of piperidine rings is 2. The van der Waals surface area contributed by atoms with Crippen LogP contribution in [0.25, 0.3) is 11.3 Å². The summed E-state index contributed by atoms with van der Waals surface area (Å²) >= 11 is 0. The molecule has 2 amide bonds. The summed E-state index contributed by atoms with van der Waals surface area (Å²) in [6.07, 6.45) is 5.42. The Labute approximate surface area is 172 Å². The van der Waals surface area contributed by atoms with Crippen molar-refractivity contribution in [1.29, 1.82) is 0 Å². The number of hydrogen-bond acceptors (Lipinski definition) is 3. The molecule has 0 atom stereocenters. The van der Waals surface area contributed by atoms with E-state index < -0.39 is 0 Å². The van der Waals surface area contributed by atoms with Gasteiger partial charge in [-0.3, -0.25) is 14.6 Å². The molecule has 5 nitrogen and oxygen atoms in total. The Morgan fingerprint density at radius 3 is 2.24 bits per heavy atom. The number of carbonyl (C=O) groups excluding carboxylic acids is 2. The SMILES string of the molecule is CC1CCN(C(=O)C2CCN(C(=O)c3ccnc(-c4ccccc4)c3)CC2)CC1. The molecule has 0 bridgehead atoms. The van der Waals surface area contributed by atoms with Crippen LogP contribution in [-0.2, 0) is 4.79 Å². The first-order valence-corrected chi connectivity index (χ1v) is 10.7. The van der Waals surface area contributed by atoms with Crippen molar-refractivity contribution in [3.05, 3.63) is 54.2 Å². The maximum absolute atomic E-state index is 13.0. The monoisotopic (exact) mass is 391 g/mol. The highest BCUT2D eigenvalue weighted by molar-refractivity contribution is 5.95. The van der Waals surface area contributed by atoms with Crippen LogP contribution in [-0.4, -0.2) is 52.8 Å². The van der Waals surface area contributed by atoms with Crippen molar-refractivity contribution in [3.8, 4) is 11.3 Å². The highest BCUT2D eigenvalue weighted by Gasteiger charge is 2.31. The van der Waals surface area contributed by atoms with Crippen LogP contribution in [0.1, 0.15) is 43.0 Å². The van der Waals surface area contributed by atoms with E-state index in [0.29, 0.717) is 24.6 Å². The van der Waals surface area contributed by atoms with Gasteiger partial charge in [-0.2, -0.15) is 0 Å². The largest absolute Gasteiger partial charge is 0.342 e. The fourth-order valence-corrected chi connectivity index (χ4v) is 4.33. The lowest BCUT2D eigenvalue weighted by atomic mass is 9.92. The van der Waals surface area contributed by atoms with E-state index in [1.165, 1.54) is 0 Å². The Kier molecular flexibility index (Phi) is 5.93. The third-order valence-corrected chi connectivity index (χ3v) is 6.30. The van der Waals surface area contributed by atoms with Crippen molar-refractivity contribution in [2.75, 3.05) is 26.2 Å². The molecular weight excluding hydrogens is 362 g/mol. The summed E-state index contributed by atoms with van der Waals surface area (Å²) in [4.78, 5) is 34.2. The molecule has 1 aromatic carbocycles. The van der Waals surface area contributed by atoms with Crippen LogP contribution < -0.4 is 0 Å². The van der Waals surface area contributed by atoms with Gasteiger partial charge >= 0.3 is 0 Å². The third kappa shape index (κ3) is 4.50. The van der Waals surface area contributed by atoms with Gasteiger partial charge in [-0.05, 0) is 43.7 Å². The van der Waals surface area contributed by atoms with E-state index in [4.69, 9.17) is 0 Å². The molecule has 0 aliphatic carbocycles. The number of hydrogen-bond donors (Lipinski definition) is 0. The first-order valence-electron chi connectivity index (χ1n) is 10.7. The van der Waals surface area contributed by atoms with Crippen molar-refractivity contribution >= 4 is 11.8 Å². The molecule has 2 saturated heterocycles. The highest BCUT2D eigenvalue weighted by Crippen LogP contribution is 2.25. The summed E-state index contributed by atoms with van der Waals surface area (Å²) in [5.41, 5.74) is 2.47. The zero-order valence-electron chi connectivity index (χ0n) is 17.1. The minimum atomic E-state index is 0.0299. The summed E-state index contributed by atoms with van der Waals surface area (Å²) < 4.78 is 0. The van der Waals surface area contributed by atoms with Gasteiger partial charge in [0.1, 0.15) is 0 Å². The molecule has 0 saturated carbocycles. The number of carbonyl (C=O) groups is 2. The third-order valence-electron chi connectivity index (χ3n) is 6.30. The minimum absolute atomic E-state index is 0.0299. The second-order valence-electron chi connectivity index (χ2n) is 8.37. The van der Waals surface area contributed by atoms with Crippen LogP contribution in [0.5, 0.6) is 0 Å². The first kappa shape index (κ1) is 19.6. The fourth-order valence-electron chi connectivity index (χ4n) is 4.33. The van der Waals surface area contributed by atoms with Crippen molar-refractivity contribution in [1.82, 2.24) is 14.8 Å². The van der Waals surface area contributed by atoms with Gasteiger partial charge in [0.15, 0.2) is 0 Å². The smallest absolute Gasteiger partial charge is 0.253 e. The van der Waals surface area contributed by atoms with E-state index in [1.807, 2.05) is 46.2 Å². The summed E-state index contributed by atoms with van der Waals surface area (Å²) in [5, 5.41) is 0. The summed E-state index contributed by atoms with van der Waals surface area (Å²) in [6.45, 7) is 5.32. The highest BCUT2D eigenvalue weighted by atomic mass is 16.2. The van der Waals surface area contributed by atoms with Gasteiger partial charge < -0.3 is 9.80 Å². The molecule has 2 aromatic rings. The molecule has 29 heavy (non-hydrogen) atoms. The molecule has 2 aliphatic rings. The standard InChI is InChI=1S/C24H29N3O2/c1-18-8-13-26(14-9-18)23(28)20-10-15-27(16-11-20)24(29)21-7-12-25-22(17-21)19-5-3-2-4-6-19/h2-7,12,17-18,20H,8-11,13-16H2,1H3. The average molecular weight is 392 g/mol. The van der Waals surface area contributed by atoms with Gasteiger partial charge in [-0.15, -0.1) is 0 Å². The Hall–Kier alpha value is -2.69. The summed E-state index contributed by atoms with van der Waals surface area (Å²) in [6, 6.07) is 13.5. The van der Waals surface area contributed by atoms with E-state index in [9.17, 15) is 9.59 Å². The zero-order valence-corrected chi connectivity index (χ0v) is 17.1. The minimum Gasteiger partial charge on any atom is -0.342 e. The Bertz CT molecular complexity index is 851. The van der Waals surface area contributed by atoms with E-state index in [1.54, 1.807) is 12.3 Å². The van der Waals surface area contributed by atoms with Gasteiger partial charge in [-0.1, -0.05) is 37.3 Å².